The van der Waals surface area contributed by atoms with Gasteiger partial charge in [0.25, 0.3) is 0 Å². The summed E-state index contributed by atoms with van der Waals surface area (Å²) in [5.41, 5.74) is 0. The van der Waals surface area contributed by atoms with Gasteiger partial charge in [0.05, 0.1) is 6.61 Å². The number of esters is 2. The van der Waals surface area contributed by atoms with E-state index in [1.807, 2.05) is 0 Å². The highest BCUT2D eigenvalue weighted by Crippen LogP contribution is 2.12. The van der Waals surface area contributed by atoms with E-state index in [9.17, 15) is 9.59 Å². The molecular weight excluding hydrogens is 645 g/mol. The van der Waals surface area contributed by atoms with Crippen LogP contribution in [-0.4, -0.2) is 37.9 Å². The van der Waals surface area contributed by atoms with E-state index >= 15 is 0 Å². The van der Waals surface area contributed by atoms with E-state index in [0.717, 1.165) is 83.5 Å². The van der Waals surface area contributed by atoms with Gasteiger partial charge in [0.15, 0.2) is 6.10 Å². The first-order valence-electron chi connectivity index (χ1n) is 21.8. The molecule has 0 bridgehead atoms. The second-order valence-corrected chi connectivity index (χ2v) is 14.2. The lowest BCUT2D eigenvalue weighted by atomic mass is 10.1. The Balaban J connectivity index is 4.29. The van der Waals surface area contributed by atoms with Gasteiger partial charge in [-0.1, -0.05) is 165 Å². The molecule has 0 heterocycles. The summed E-state index contributed by atoms with van der Waals surface area (Å²) in [4.78, 5) is 25.1. The molecule has 1 atom stereocenters. The van der Waals surface area contributed by atoms with Gasteiger partial charge < -0.3 is 14.2 Å². The quantitative estimate of drug-likeness (QED) is 0.0358. The maximum Gasteiger partial charge on any atom is 0.306 e. The number of hydrogen-bond donors (Lipinski definition) is 0. The second kappa shape index (κ2) is 43.0. The van der Waals surface area contributed by atoms with Crippen molar-refractivity contribution in [2.75, 3.05) is 19.8 Å². The number of hydrogen-bond acceptors (Lipinski definition) is 5. The Labute approximate surface area is 322 Å². The van der Waals surface area contributed by atoms with Crippen molar-refractivity contribution in [3.8, 4) is 0 Å². The average molecular weight is 727 g/mol. The molecular formula is C47H82O5. The van der Waals surface area contributed by atoms with Crippen LogP contribution in [0.15, 0.2) is 60.8 Å². The molecule has 0 aromatic carbocycles. The maximum atomic E-state index is 12.7. The van der Waals surface area contributed by atoms with E-state index in [1.165, 1.54) is 83.5 Å². The normalized spacial score (nSPS) is 12.8. The Bertz CT molecular complexity index is 915. The molecule has 0 aromatic heterocycles. The van der Waals surface area contributed by atoms with Crippen LogP contribution >= 0.6 is 0 Å². The van der Waals surface area contributed by atoms with Gasteiger partial charge >= 0.3 is 11.9 Å². The third kappa shape index (κ3) is 40.4. The van der Waals surface area contributed by atoms with E-state index < -0.39 is 6.10 Å². The van der Waals surface area contributed by atoms with Crippen LogP contribution in [0.2, 0.25) is 0 Å². The van der Waals surface area contributed by atoms with E-state index in [0.29, 0.717) is 19.4 Å². The minimum absolute atomic E-state index is 0.0605. The zero-order chi connectivity index (χ0) is 37.8. The molecule has 0 spiro atoms. The number of unbranched alkanes of at least 4 members (excludes halogenated alkanes) is 18. The molecule has 0 aromatic rings. The molecule has 0 aliphatic heterocycles. The predicted molar refractivity (Wildman–Crippen MR) is 224 cm³/mol. The maximum absolute atomic E-state index is 12.7. The van der Waals surface area contributed by atoms with E-state index in [4.69, 9.17) is 14.2 Å². The summed E-state index contributed by atoms with van der Waals surface area (Å²) in [6, 6.07) is 0. The topological polar surface area (TPSA) is 61.8 Å². The summed E-state index contributed by atoms with van der Waals surface area (Å²) in [5.74, 6) is -0.457. The highest BCUT2D eigenvalue weighted by atomic mass is 16.6. The minimum Gasteiger partial charge on any atom is -0.462 e. The first-order valence-corrected chi connectivity index (χ1v) is 21.8. The first-order chi connectivity index (χ1) is 25.6. The van der Waals surface area contributed by atoms with Crippen LogP contribution in [0.3, 0.4) is 0 Å². The molecule has 1 unspecified atom stereocenters. The van der Waals surface area contributed by atoms with E-state index in [2.05, 4.69) is 81.5 Å². The Morgan fingerprint density at radius 2 is 0.865 bits per heavy atom. The molecule has 0 saturated heterocycles. The van der Waals surface area contributed by atoms with Crippen molar-refractivity contribution in [2.24, 2.45) is 0 Å². The van der Waals surface area contributed by atoms with Crippen molar-refractivity contribution in [3.05, 3.63) is 60.8 Å². The Morgan fingerprint density at radius 1 is 0.442 bits per heavy atom. The molecule has 0 aliphatic rings. The van der Waals surface area contributed by atoms with Crippen LogP contribution in [-0.2, 0) is 23.8 Å². The fourth-order valence-electron chi connectivity index (χ4n) is 5.79. The van der Waals surface area contributed by atoms with Gasteiger partial charge in [-0.3, -0.25) is 9.59 Å². The molecule has 0 N–H and O–H groups in total. The average Bonchev–Trinajstić information content (AvgIpc) is 3.14. The molecule has 0 aliphatic carbocycles. The molecule has 52 heavy (non-hydrogen) atoms. The first kappa shape index (κ1) is 49.6. The number of allylic oxidation sites excluding steroid dienone is 10. The smallest absolute Gasteiger partial charge is 0.306 e. The molecule has 0 rings (SSSR count). The Morgan fingerprint density at radius 3 is 1.46 bits per heavy atom. The standard InChI is InChI=1S/C47H82O5/c1-4-7-10-13-16-19-21-23-24-26-27-29-31-34-37-40-46(48)51-44-45(43-50-42-39-36-33-18-15-12-9-6-3)52-47(49)41-38-35-32-30-28-25-22-20-17-14-11-8-5-2/h7,10,16,19-20,22-24,27,29,45H,4-6,8-9,11-15,17-18,21,25-26,28,30-44H2,1-3H3/b10-7-,19-16-,22-20-,24-23-,29-27-. The summed E-state index contributed by atoms with van der Waals surface area (Å²) in [7, 11) is 0. The highest BCUT2D eigenvalue weighted by Gasteiger charge is 2.17. The monoisotopic (exact) mass is 727 g/mol. The molecule has 300 valence electrons. The SMILES string of the molecule is CC/C=C\C/C=C\C/C=C\C/C=C\CCCCC(=O)OCC(COCCCCCCCCCC)OC(=O)CCCCCCC/C=C\CCCCCC. The van der Waals surface area contributed by atoms with Crippen molar-refractivity contribution < 1.29 is 23.8 Å². The summed E-state index contributed by atoms with van der Waals surface area (Å²) < 4.78 is 17.2. The van der Waals surface area contributed by atoms with Crippen LogP contribution in [0, 0.1) is 0 Å². The largest absolute Gasteiger partial charge is 0.462 e. The van der Waals surface area contributed by atoms with Gasteiger partial charge in [-0.15, -0.1) is 0 Å². The third-order valence-electron chi connectivity index (χ3n) is 9.04. The Kier molecular flexibility index (Phi) is 41.0. The Hall–Kier alpha value is -2.40. The molecule has 5 nitrogen and oxygen atoms in total. The molecule has 0 amide bonds. The van der Waals surface area contributed by atoms with Crippen molar-refractivity contribution in [1.29, 1.82) is 0 Å². The third-order valence-corrected chi connectivity index (χ3v) is 9.04. The molecule has 0 fully saturated rings. The summed E-state index contributed by atoms with van der Waals surface area (Å²) >= 11 is 0. The van der Waals surface area contributed by atoms with Gasteiger partial charge in [-0.05, 0) is 83.5 Å². The molecule has 0 saturated carbocycles. The van der Waals surface area contributed by atoms with Crippen LogP contribution in [0.1, 0.15) is 201 Å². The van der Waals surface area contributed by atoms with Crippen molar-refractivity contribution in [3.63, 3.8) is 0 Å². The lowest BCUT2D eigenvalue weighted by molar-refractivity contribution is -0.163. The lowest BCUT2D eigenvalue weighted by Crippen LogP contribution is -2.30. The zero-order valence-corrected chi connectivity index (χ0v) is 34.3. The van der Waals surface area contributed by atoms with Gasteiger partial charge in [0, 0.05) is 19.4 Å². The van der Waals surface area contributed by atoms with Gasteiger partial charge in [0.1, 0.15) is 6.61 Å². The van der Waals surface area contributed by atoms with Gasteiger partial charge in [-0.2, -0.15) is 0 Å². The number of carbonyl (C=O) groups is 2. The molecule has 5 heteroatoms. The highest BCUT2D eigenvalue weighted by molar-refractivity contribution is 5.70. The second-order valence-electron chi connectivity index (χ2n) is 14.2. The number of carbonyl (C=O) groups excluding carboxylic acids is 2. The number of ether oxygens (including phenoxy) is 3. The van der Waals surface area contributed by atoms with Crippen LogP contribution < -0.4 is 0 Å². The summed E-state index contributed by atoms with van der Waals surface area (Å²) in [6.45, 7) is 7.62. The van der Waals surface area contributed by atoms with Crippen LogP contribution in [0.5, 0.6) is 0 Å². The van der Waals surface area contributed by atoms with Gasteiger partial charge in [0.2, 0.25) is 0 Å². The van der Waals surface area contributed by atoms with Crippen molar-refractivity contribution in [2.45, 2.75) is 207 Å². The minimum atomic E-state index is -0.552. The zero-order valence-electron chi connectivity index (χ0n) is 34.3. The number of rotatable bonds is 39. The fraction of sp³-hybridized carbons (Fsp3) is 0.745. The van der Waals surface area contributed by atoms with Crippen LogP contribution in [0.25, 0.3) is 0 Å². The predicted octanol–water partition coefficient (Wildman–Crippen LogP) is 14.2. The van der Waals surface area contributed by atoms with Crippen molar-refractivity contribution >= 4 is 11.9 Å². The van der Waals surface area contributed by atoms with Crippen molar-refractivity contribution in [1.82, 2.24) is 0 Å². The van der Waals surface area contributed by atoms with Gasteiger partial charge in [-0.25, -0.2) is 0 Å². The van der Waals surface area contributed by atoms with Crippen LogP contribution in [0.4, 0.5) is 0 Å². The lowest BCUT2D eigenvalue weighted by Gasteiger charge is -2.18. The summed E-state index contributed by atoms with van der Waals surface area (Å²) in [5, 5.41) is 0. The fourth-order valence-corrected chi connectivity index (χ4v) is 5.79. The summed E-state index contributed by atoms with van der Waals surface area (Å²) in [6.07, 6.45) is 52.2. The molecule has 0 radical (unpaired) electrons. The van der Waals surface area contributed by atoms with E-state index in [-0.39, 0.29) is 25.2 Å². The van der Waals surface area contributed by atoms with E-state index in [1.54, 1.807) is 0 Å².